The number of ether oxygens (including phenoxy) is 1. The van der Waals surface area contributed by atoms with Crippen LogP contribution in [-0.4, -0.2) is 35.2 Å². The van der Waals surface area contributed by atoms with Gasteiger partial charge in [-0.3, -0.25) is 0 Å². The van der Waals surface area contributed by atoms with Gasteiger partial charge in [0.2, 0.25) is 0 Å². The molecule has 0 spiro atoms. The van der Waals surface area contributed by atoms with Crippen molar-refractivity contribution < 1.29 is 14.3 Å². The van der Waals surface area contributed by atoms with Crippen molar-refractivity contribution in [3.8, 4) is 0 Å². The van der Waals surface area contributed by atoms with E-state index in [1.807, 2.05) is 0 Å². The number of carbonyl (C=O) groups excluding carboxylic acids is 2. The number of urea groups is 1. The van der Waals surface area contributed by atoms with E-state index in [9.17, 15) is 14.5 Å². The Morgan fingerprint density at radius 2 is 2.06 bits per heavy atom. The lowest BCUT2D eigenvalue weighted by atomic mass is 10.3. The Hall–Kier alpha value is -1.37. The number of nitroso groups, excluding NO2 is 1. The van der Waals surface area contributed by atoms with Gasteiger partial charge < -0.3 is 10.1 Å². The zero-order valence-corrected chi connectivity index (χ0v) is 10.0. The molecule has 0 bridgehead atoms. The third-order valence-electron chi connectivity index (χ3n) is 1.61. The fraction of sp³-hybridized carbons (Fsp3) is 0.750. The molecule has 1 N–H and O–H groups in total. The van der Waals surface area contributed by atoms with Crippen LogP contribution >= 0.6 is 11.6 Å². The van der Waals surface area contributed by atoms with Gasteiger partial charge in [-0.15, -0.1) is 4.91 Å². The second-order valence-electron chi connectivity index (χ2n) is 2.92. The minimum Gasteiger partial charge on any atom is -0.464 e. The van der Waals surface area contributed by atoms with Crippen molar-refractivity contribution in [2.75, 3.05) is 6.61 Å². The van der Waals surface area contributed by atoms with E-state index in [1.54, 1.807) is 6.92 Å². The molecular formula is C8H14ClN3O4. The average Bonchev–Trinajstić information content (AvgIpc) is 2.18. The maximum Gasteiger partial charge on any atom is 0.342 e. The molecule has 2 atom stereocenters. The Morgan fingerprint density at radius 3 is 2.44 bits per heavy atom. The fourth-order valence-corrected chi connectivity index (χ4v) is 0.965. The molecule has 92 valence electrons. The molecule has 2 unspecified atom stereocenters. The number of amides is 2. The molecule has 0 radical (unpaired) electrons. The molecule has 0 aliphatic rings. The Kier molecular flexibility index (Phi) is 6.40. The fourth-order valence-electron chi connectivity index (χ4n) is 0.841. The number of hydrogen-bond acceptors (Lipinski definition) is 5. The summed E-state index contributed by atoms with van der Waals surface area (Å²) in [6.45, 7) is 4.68. The van der Waals surface area contributed by atoms with Gasteiger partial charge in [0, 0.05) is 0 Å². The van der Waals surface area contributed by atoms with E-state index in [0.29, 0.717) is 5.01 Å². The third-order valence-corrected chi connectivity index (χ3v) is 1.80. The van der Waals surface area contributed by atoms with Gasteiger partial charge in [0.15, 0.2) is 0 Å². The Labute approximate surface area is 98.0 Å². The molecule has 0 aliphatic carbocycles. The first kappa shape index (κ1) is 14.6. The molecular weight excluding hydrogens is 238 g/mol. The van der Waals surface area contributed by atoms with E-state index in [-0.39, 0.29) is 6.61 Å². The number of nitrogens with zero attached hydrogens (tertiary/aromatic N) is 2. The highest BCUT2D eigenvalue weighted by molar-refractivity contribution is 6.20. The predicted molar refractivity (Wildman–Crippen MR) is 57.6 cm³/mol. The molecule has 0 rings (SSSR count). The number of halogens is 1. The Balaban J connectivity index is 4.32. The predicted octanol–water partition coefficient (Wildman–Crippen LogP) is 1.22. The van der Waals surface area contributed by atoms with Crippen LogP contribution < -0.4 is 5.32 Å². The maximum absolute atomic E-state index is 11.4. The zero-order valence-electron chi connectivity index (χ0n) is 9.27. The summed E-state index contributed by atoms with van der Waals surface area (Å²) in [5, 5.41) is 5.15. The summed E-state index contributed by atoms with van der Waals surface area (Å²) in [6.07, 6.45) is 0. The van der Waals surface area contributed by atoms with Crippen LogP contribution in [0.25, 0.3) is 0 Å². The first-order chi connectivity index (χ1) is 7.43. The molecule has 7 nitrogen and oxygen atoms in total. The summed E-state index contributed by atoms with van der Waals surface area (Å²) in [7, 11) is 0. The maximum atomic E-state index is 11.4. The number of hydrogen-bond donors (Lipinski definition) is 1. The summed E-state index contributed by atoms with van der Waals surface area (Å²) in [6, 6.07) is -1.72. The van der Waals surface area contributed by atoms with Crippen LogP contribution in [0.3, 0.4) is 0 Å². The molecule has 16 heavy (non-hydrogen) atoms. The number of carbonyl (C=O) groups is 2. The van der Waals surface area contributed by atoms with Crippen molar-refractivity contribution >= 4 is 23.6 Å². The van der Waals surface area contributed by atoms with Gasteiger partial charge in [0.25, 0.3) is 0 Å². The SMILES string of the molecule is CCOC(=O)C(C)NC(=O)N(N=O)C(C)Cl. The summed E-state index contributed by atoms with van der Waals surface area (Å²) in [4.78, 5) is 32.8. The van der Waals surface area contributed by atoms with Gasteiger partial charge in [0.05, 0.1) is 11.9 Å². The highest BCUT2D eigenvalue weighted by Crippen LogP contribution is 2.04. The minimum atomic E-state index is -0.896. The summed E-state index contributed by atoms with van der Waals surface area (Å²) < 4.78 is 4.66. The van der Waals surface area contributed by atoms with E-state index < -0.39 is 23.5 Å². The number of esters is 1. The van der Waals surface area contributed by atoms with Gasteiger partial charge in [-0.25, -0.2) is 9.59 Å². The summed E-state index contributed by atoms with van der Waals surface area (Å²) in [5.74, 6) is -0.594. The van der Waals surface area contributed by atoms with Gasteiger partial charge in [-0.1, -0.05) is 11.6 Å². The van der Waals surface area contributed by atoms with E-state index >= 15 is 0 Å². The molecule has 0 fully saturated rings. The first-order valence-corrected chi connectivity index (χ1v) is 5.11. The molecule has 0 aromatic carbocycles. The monoisotopic (exact) mass is 251 g/mol. The largest absolute Gasteiger partial charge is 0.464 e. The van der Waals surface area contributed by atoms with Crippen LogP contribution in [-0.2, 0) is 9.53 Å². The van der Waals surface area contributed by atoms with Gasteiger partial charge >= 0.3 is 12.0 Å². The van der Waals surface area contributed by atoms with E-state index in [1.165, 1.54) is 13.8 Å². The quantitative estimate of drug-likeness (QED) is 0.262. The molecule has 2 amide bonds. The highest BCUT2D eigenvalue weighted by Gasteiger charge is 2.24. The van der Waals surface area contributed by atoms with Crippen molar-refractivity contribution in [2.24, 2.45) is 5.29 Å². The van der Waals surface area contributed by atoms with Crippen molar-refractivity contribution in [1.29, 1.82) is 0 Å². The zero-order chi connectivity index (χ0) is 12.7. The molecule has 0 heterocycles. The van der Waals surface area contributed by atoms with Crippen LogP contribution in [0, 0.1) is 4.91 Å². The molecule has 0 aromatic heterocycles. The third kappa shape index (κ3) is 4.43. The Bertz CT molecular complexity index is 272. The second kappa shape index (κ2) is 7.00. The smallest absolute Gasteiger partial charge is 0.342 e. The molecule has 0 aromatic rings. The number of alkyl halides is 1. The average molecular weight is 252 g/mol. The topological polar surface area (TPSA) is 88.1 Å². The highest BCUT2D eigenvalue weighted by atomic mass is 35.5. The molecule has 0 saturated carbocycles. The van der Waals surface area contributed by atoms with Crippen LogP contribution in [0.5, 0.6) is 0 Å². The molecule has 0 saturated heterocycles. The van der Waals surface area contributed by atoms with Gasteiger partial charge in [-0.2, -0.15) is 5.01 Å². The second-order valence-corrected chi connectivity index (χ2v) is 3.56. The normalized spacial score (nSPS) is 13.5. The lowest BCUT2D eigenvalue weighted by Crippen LogP contribution is -2.46. The van der Waals surface area contributed by atoms with Crippen LogP contribution in [0.1, 0.15) is 20.8 Å². The standard InChI is InChI=1S/C8H14ClN3O4/c1-4-16-7(13)5(2)10-8(14)12(11-15)6(3)9/h5-6H,4H2,1-3H3,(H,10,14). The van der Waals surface area contributed by atoms with E-state index in [0.717, 1.165) is 0 Å². The Morgan fingerprint density at radius 1 is 1.50 bits per heavy atom. The summed E-state index contributed by atoms with van der Waals surface area (Å²) >= 11 is 5.52. The van der Waals surface area contributed by atoms with E-state index in [4.69, 9.17) is 11.6 Å². The van der Waals surface area contributed by atoms with Gasteiger partial charge in [-0.05, 0) is 20.8 Å². The van der Waals surface area contributed by atoms with Crippen LogP contribution in [0.4, 0.5) is 4.79 Å². The number of rotatable bonds is 5. The van der Waals surface area contributed by atoms with Crippen molar-refractivity contribution in [1.82, 2.24) is 10.3 Å². The minimum absolute atomic E-state index is 0.209. The van der Waals surface area contributed by atoms with Crippen LogP contribution in [0.2, 0.25) is 0 Å². The van der Waals surface area contributed by atoms with E-state index in [2.05, 4.69) is 15.3 Å². The van der Waals surface area contributed by atoms with Crippen molar-refractivity contribution in [3.05, 3.63) is 4.91 Å². The van der Waals surface area contributed by atoms with Crippen molar-refractivity contribution in [3.63, 3.8) is 0 Å². The first-order valence-electron chi connectivity index (χ1n) is 4.67. The molecule has 8 heteroatoms. The van der Waals surface area contributed by atoms with Crippen LogP contribution in [0.15, 0.2) is 5.29 Å². The molecule has 0 aliphatic heterocycles. The number of nitrogens with one attached hydrogen (secondary N) is 1. The lowest BCUT2D eigenvalue weighted by Gasteiger charge is -2.18. The summed E-state index contributed by atoms with van der Waals surface area (Å²) in [5.41, 5.74) is -0.896. The lowest BCUT2D eigenvalue weighted by molar-refractivity contribution is -0.144. The van der Waals surface area contributed by atoms with Crippen molar-refractivity contribution in [2.45, 2.75) is 32.3 Å². The van der Waals surface area contributed by atoms with Gasteiger partial charge in [0.1, 0.15) is 11.5 Å².